The number of piperidine rings is 1. The van der Waals surface area contributed by atoms with Crippen molar-refractivity contribution in [3.8, 4) is 0 Å². The van der Waals surface area contributed by atoms with Gasteiger partial charge in [0.15, 0.2) is 5.82 Å². The van der Waals surface area contributed by atoms with E-state index in [-0.39, 0.29) is 11.7 Å². The zero-order chi connectivity index (χ0) is 16.5. The molecule has 0 saturated carbocycles. The molecule has 3 aromatic rings. The lowest BCUT2D eigenvalue weighted by Crippen LogP contribution is -2.38. The maximum atomic E-state index is 12.7. The van der Waals surface area contributed by atoms with Crippen LogP contribution in [0, 0.1) is 5.92 Å². The van der Waals surface area contributed by atoms with Gasteiger partial charge in [-0.05, 0) is 43.1 Å². The summed E-state index contributed by atoms with van der Waals surface area (Å²) in [6, 6.07) is 8.28. The predicted molar refractivity (Wildman–Crippen MR) is 91.8 cm³/mol. The highest BCUT2D eigenvalue weighted by Gasteiger charge is 2.28. The molecule has 5 heteroatoms. The molecule has 1 aromatic carbocycles. The van der Waals surface area contributed by atoms with E-state index < -0.39 is 0 Å². The van der Waals surface area contributed by atoms with Crippen LogP contribution >= 0.6 is 0 Å². The van der Waals surface area contributed by atoms with Crippen LogP contribution in [0.4, 0.5) is 0 Å². The molecule has 4 rings (SSSR count). The van der Waals surface area contributed by atoms with Crippen LogP contribution in [0.1, 0.15) is 29.0 Å². The van der Waals surface area contributed by atoms with Gasteiger partial charge in [0.2, 0.25) is 5.78 Å². The number of likely N-dealkylation sites (tertiary alicyclic amines) is 1. The molecular weight excluding hydrogens is 302 g/mol. The van der Waals surface area contributed by atoms with Crippen molar-refractivity contribution in [2.24, 2.45) is 13.0 Å². The number of hydrogen-bond donors (Lipinski definition) is 0. The van der Waals surface area contributed by atoms with Crippen molar-refractivity contribution in [2.45, 2.75) is 19.4 Å². The molecule has 0 aliphatic carbocycles. The third kappa shape index (κ3) is 2.87. The quantitative estimate of drug-likeness (QED) is 0.692. The fourth-order valence-corrected chi connectivity index (χ4v) is 3.57. The summed E-state index contributed by atoms with van der Waals surface area (Å²) >= 11 is 0. The van der Waals surface area contributed by atoms with E-state index in [9.17, 15) is 4.79 Å². The van der Waals surface area contributed by atoms with Gasteiger partial charge >= 0.3 is 0 Å². The molecule has 0 amide bonds. The Hall–Kier alpha value is -2.40. The lowest BCUT2D eigenvalue weighted by molar-refractivity contribution is 0.0797. The van der Waals surface area contributed by atoms with Gasteiger partial charge in [-0.1, -0.05) is 6.07 Å². The molecule has 24 heavy (non-hydrogen) atoms. The number of fused-ring (bicyclic) bond motifs is 1. The Kier molecular flexibility index (Phi) is 3.94. The van der Waals surface area contributed by atoms with Gasteiger partial charge in [0.25, 0.3) is 0 Å². The number of Topliss-reactive ketones (excluding diaryl/α,β-unsaturated/α-hetero) is 1. The Morgan fingerprint density at radius 1 is 1.38 bits per heavy atom. The molecule has 1 atom stereocenters. The van der Waals surface area contributed by atoms with E-state index in [4.69, 9.17) is 4.42 Å². The van der Waals surface area contributed by atoms with E-state index >= 15 is 0 Å². The van der Waals surface area contributed by atoms with Crippen LogP contribution in [0.25, 0.3) is 11.0 Å². The maximum absolute atomic E-state index is 12.7. The number of furan rings is 1. The molecule has 0 N–H and O–H groups in total. The molecular formula is C19H21N3O2. The van der Waals surface area contributed by atoms with Gasteiger partial charge in [0.1, 0.15) is 5.58 Å². The van der Waals surface area contributed by atoms with Gasteiger partial charge < -0.3 is 8.98 Å². The number of carbonyl (C=O) groups is 1. The molecule has 0 radical (unpaired) electrons. The summed E-state index contributed by atoms with van der Waals surface area (Å²) < 4.78 is 7.21. The van der Waals surface area contributed by atoms with Crippen molar-refractivity contribution in [3.05, 3.63) is 54.3 Å². The zero-order valence-corrected chi connectivity index (χ0v) is 13.8. The van der Waals surface area contributed by atoms with Gasteiger partial charge in [-0.3, -0.25) is 9.69 Å². The van der Waals surface area contributed by atoms with E-state index in [1.807, 2.05) is 29.9 Å². The number of rotatable bonds is 4. The van der Waals surface area contributed by atoms with E-state index in [1.54, 1.807) is 12.5 Å². The molecule has 2 aromatic heterocycles. The molecule has 0 spiro atoms. The van der Waals surface area contributed by atoms with Gasteiger partial charge in [0.05, 0.1) is 6.26 Å². The van der Waals surface area contributed by atoms with Crippen LogP contribution in [0.15, 0.2) is 47.3 Å². The van der Waals surface area contributed by atoms with Crippen LogP contribution in [0.2, 0.25) is 0 Å². The van der Waals surface area contributed by atoms with Crippen LogP contribution in [-0.2, 0) is 13.6 Å². The van der Waals surface area contributed by atoms with Gasteiger partial charge in [-0.25, -0.2) is 4.98 Å². The molecule has 0 unspecified atom stereocenters. The smallest absolute Gasteiger partial charge is 0.202 e. The van der Waals surface area contributed by atoms with Crippen molar-refractivity contribution >= 4 is 16.8 Å². The normalized spacial score (nSPS) is 19.0. The number of imidazole rings is 1. The minimum absolute atomic E-state index is 0.0394. The molecule has 1 saturated heterocycles. The second kappa shape index (κ2) is 6.24. The van der Waals surface area contributed by atoms with Crippen molar-refractivity contribution in [2.75, 3.05) is 13.1 Å². The number of ketones is 1. The zero-order valence-electron chi connectivity index (χ0n) is 13.8. The first-order chi connectivity index (χ1) is 11.7. The highest BCUT2D eigenvalue weighted by atomic mass is 16.3. The van der Waals surface area contributed by atoms with Crippen molar-refractivity contribution in [1.29, 1.82) is 0 Å². The van der Waals surface area contributed by atoms with E-state index in [1.165, 1.54) is 5.56 Å². The number of nitrogens with zero attached hydrogens (tertiary/aromatic N) is 3. The van der Waals surface area contributed by atoms with Crippen LogP contribution in [-0.4, -0.2) is 33.3 Å². The topological polar surface area (TPSA) is 51.3 Å². The van der Waals surface area contributed by atoms with Crippen LogP contribution in [0.5, 0.6) is 0 Å². The summed E-state index contributed by atoms with van der Waals surface area (Å²) in [5.41, 5.74) is 2.18. The highest BCUT2D eigenvalue weighted by Crippen LogP contribution is 2.23. The van der Waals surface area contributed by atoms with Gasteiger partial charge in [-0.2, -0.15) is 0 Å². The first-order valence-corrected chi connectivity index (χ1v) is 8.41. The van der Waals surface area contributed by atoms with Gasteiger partial charge in [-0.15, -0.1) is 0 Å². The summed E-state index contributed by atoms with van der Waals surface area (Å²) in [4.78, 5) is 19.3. The second-order valence-corrected chi connectivity index (χ2v) is 6.59. The number of aromatic nitrogens is 2. The third-order valence-electron chi connectivity index (χ3n) is 4.84. The Morgan fingerprint density at radius 2 is 2.29 bits per heavy atom. The molecule has 1 aliphatic heterocycles. The first-order valence-electron chi connectivity index (χ1n) is 8.41. The molecule has 1 aliphatic rings. The SMILES string of the molecule is Cn1ccnc1C(=O)[C@H]1CCCN(Cc2ccc3occc3c2)C1. The van der Waals surface area contributed by atoms with E-state index in [2.05, 4.69) is 22.0 Å². The van der Waals surface area contributed by atoms with Crippen molar-refractivity contribution < 1.29 is 9.21 Å². The Labute approximate surface area is 140 Å². The average molecular weight is 323 g/mol. The molecule has 0 bridgehead atoms. The molecule has 3 heterocycles. The summed E-state index contributed by atoms with van der Waals surface area (Å²) in [6.45, 7) is 2.70. The minimum atomic E-state index is 0.0394. The number of carbonyl (C=O) groups excluding carboxylic acids is 1. The van der Waals surface area contributed by atoms with E-state index in [0.717, 1.165) is 43.4 Å². The van der Waals surface area contributed by atoms with Gasteiger partial charge in [0, 0.05) is 43.8 Å². The lowest BCUT2D eigenvalue weighted by Gasteiger charge is -2.31. The summed E-state index contributed by atoms with van der Waals surface area (Å²) in [7, 11) is 1.88. The Bertz CT molecular complexity index is 864. The summed E-state index contributed by atoms with van der Waals surface area (Å²) in [6.07, 6.45) is 7.23. The average Bonchev–Trinajstić information content (AvgIpc) is 3.22. The highest BCUT2D eigenvalue weighted by molar-refractivity contribution is 5.95. The maximum Gasteiger partial charge on any atom is 0.202 e. The van der Waals surface area contributed by atoms with Crippen molar-refractivity contribution in [1.82, 2.24) is 14.5 Å². The molecule has 1 fully saturated rings. The third-order valence-corrected chi connectivity index (χ3v) is 4.84. The van der Waals surface area contributed by atoms with Crippen LogP contribution in [0.3, 0.4) is 0 Å². The Morgan fingerprint density at radius 3 is 3.12 bits per heavy atom. The number of hydrogen-bond acceptors (Lipinski definition) is 4. The molecule has 124 valence electrons. The second-order valence-electron chi connectivity index (χ2n) is 6.59. The largest absolute Gasteiger partial charge is 0.464 e. The minimum Gasteiger partial charge on any atom is -0.464 e. The monoisotopic (exact) mass is 323 g/mol. The standard InChI is InChI=1S/C19H21N3O2/c1-21-9-7-20-19(21)18(23)16-3-2-8-22(13-16)12-14-4-5-17-15(11-14)6-10-24-17/h4-7,9-11,16H,2-3,8,12-13H2,1H3/t16-/m0/s1. The fourth-order valence-electron chi connectivity index (χ4n) is 3.57. The Balaban J connectivity index is 1.46. The molecule has 5 nitrogen and oxygen atoms in total. The number of benzene rings is 1. The van der Waals surface area contributed by atoms with Crippen molar-refractivity contribution in [3.63, 3.8) is 0 Å². The predicted octanol–water partition coefficient (Wildman–Crippen LogP) is 3.26. The lowest BCUT2D eigenvalue weighted by atomic mass is 9.93. The van der Waals surface area contributed by atoms with E-state index in [0.29, 0.717) is 5.82 Å². The fraction of sp³-hybridized carbons (Fsp3) is 0.368. The number of aryl methyl sites for hydroxylation is 1. The van der Waals surface area contributed by atoms with Crippen LogP contribution < -0.4 is 0 Å². The summed E-state index contributed by atoms with van der Waals surface area (Å²) in [5, 5.41) is 1.13. The summed E-state index contributed by atoms with van der Waals surface area (Å²) in [5.74, 6) is 0.775. The first kappa shape index (κ1) is 15.1.